The van der Waals surface area contributed by atoms with Gasteiger partial charge in [0.05, 0.1) is 16.1 Å². The van der Waals surface area contributed by atoms with Crippen molar-refractivity contribution in [3.63, 3.8) is 0 Å². The molecule has 0 saturated heterocycles. The third-order valence-electron chi connectivity index (χ3n) is 2.77. The first kappa shape index (κ1) is 17.1. The quantitative estimate of drug-likeness (QED) is 0.734. The summed E-state index contributed by atoms with van der Waals surface area (Å²) in [5.41, 5.74) is -0.321. The van der Waals surface area contributed by atoms with Crippen LogP contribution in [-0.2, 0) is 16.0 Å². The zero-order chi connectivity index (χ0) is 16.0. The maximum absolute atomic E-state index is 11.6. The third kappa shape index (κ3) is 5.90. The van der Waals surface area contributed by atoms with Gasteiger partial charge in [-0.3, -0.25) is 14.9 Å². The molecule has 0 radical (unpaired) electrons. The fourth-order valence-corrected chi connectivity index (χ4v) is 2.17. The number of carboxylic acid groups (broad SMARTS) is 1. The third-order valence-corrected chi connectivity index (χ3v) is 3.59. The summed E-state index contributed by atoms with van der Waals surface area (Å²) in [6.45, 7) is 5.11. The molecule has 21 heavy (non-hydrogen) atoms. The van der Waals surface area contributed by atoms with Crippen molar-refractivity contribution < 1.29 is 19.5 Å². The number of aryl methyl sites for hydroxylation is 1. The molecule has 0 fully saturated rings. The molecule has 0 aliphatic carbocycles. The Balaban J connectivity index is 2.30. The van der Waals surface area contributed by atoms with Gasteiger partial charge in [-0.05, 0) is 20.8 Å². The molecular formula is C13H19N3O4S. The number of aromatic nitrogens is 1. The van der Waals surface area contributed by atoms with E-state index in [-0.39, 0.29) is 6.42 Å². The van der Waals surface area contributed by atoms with E-state index >= 15 is 0 Å². The normalized spacial score (nSPS) is 11.0. The molecule has 3 amide bonds. The van der Waals surface area contributed by atoms with Gasteiger partial charge in [0.25, 0.3) is 0 Å². The zero-order valence-electron chi connectivity index (χ0n) is 12.2. The molecule has 8 heteroatoms. The molecule has 116 valence electrons. The van der Waals surface area contributed by atoms with E-state index in [1.165, 1.54) is 25.2 Å². The van der Waals surface area contributed by atoms with Crippen molar-refractivity contribution in [1.82, 2.24) is 15.6 Å². The van der Waals surface area contributed by atoms with E-state index in [9.17, 15) is 14.4 Å². The molecule has 0 bridgehead atoms. The average Bonchev–Trinajstić information content (AvgIpc) is 2.73. The summed E-state index contributed by atoms with van der Waals surface area (Å²) in [4.78, 5) is 38.2. The number of imide groups is 1. The maximum Gasteiger partial charge on any atom is 0.321 e. The minimum atomic E-state index is -1.21. The Kier molecular flexibility index (Phi) is 5.83. The molecular weight excluding hydrogens is 294 g/mol. The Morgan fingerprint density at radius 1 is 1.38 bits per heavy atom. The van der Waals surface area contributed by atoms with E-state index < -0.39 is 23.3 Å². The van der Waals surface area contributed by atoms with Gasteiger partial charge >= 0.3 is 12.0 Å². The van der Waals surface area contributed by atoms with Crippen molar-refractivity contribution in [3.05, 3.63) is 16.1 Å². The van der Waals surface area contributed by atoms with Crippen LogP contribution in [0.3, 0.4) is 0 Å². The van der Waals surface area contributed by atoms with Crippen LogP contribution in [-0.4, -0.2) is 34.5 Å². The second kappa shape index (κ2) is 7.16. The van der Waals surface area contributed by atoms with Crippen LogP contribution in [0.15, 0.2) is 5.38 Å². The fourth-order valence-electron chi connectivity index (χ4n) is 1.52. The molecule has 0 aliphatic heterocycles. The zero-order valence-corrected chi connectivity index (χ0v) is 13.0. The number of hydrogen-bond acceptors (Lipinski definition) is 5. The van der Waals surface area contributed by atoms with Crippen LogP contribution >= 0.6 is 11.3 Å². The van der Waals surface area contributed by atoms with Crippen molar-refractivity contribution in [2.24, 2.45) is 5.41 Å². The topological polar surface area (TPSA) is 108 Å². The van der Waals surface area contributed by atoms with Crippen molar-refractivity contribution in [1.29, 1.82) is 0 Å². The van der Waals surface area contributed by atoms with E-state index in [2.05, 4.69) is 15.6 Å². The SMILES string of the molecule is Cc1nc(CCNC(=O)NC(=O)CC(C)(C)C(=O)O)cs1. The minimum Gasteiger partial charge on any atom is -0.481 e. The van der Waals surface area contributed by atoms with Crippen LogP contribution in [0.1, 0.15) is 31.0 Å². The number of nitrogens with one attached hydrogen (secondary N) is 2. The average molecular weight is 313 g/mol. The molecule has 1 aromatic heterocycles. The second-order valence-corrected chi connectivity index (χ2v) is 6.34. The van der Waals surface area contributed by atoms with Gasteiger partial charge in [0.1, 0.15) is 0 Å². The Morgan fingerprint density at radius 2 is 2.05 bits per heavy atom. The lowest BCUT2D eigenvalue weighted by atomic mass is 9.89. The number of aliphatic carboxylic acids is 1. The summed E-state index contributed by atoms with van der Waals surface area (Å²) in [5.74, 6) is -1.71. The standard InChI is InChI=1S/C13H19N3O4S/c1-8-15-9(7-21-8)4-5-14-12(20)16-10(17)6-13(2,3)11(18)19/h7H,4-6H2,1-3H3,(H,18,19)(H2,14,16,17,20). The predicted octanol–water partition coefficient (Wildman–Crippen LogP) is 1.32. The first-order valence-corrected chi connectivity index (χ1v) is 7.31. The number of urea groups is 1. The van der Waals surface area contributed by atoms with Crippen LogP contribution < -0.4 is 10.6 Å². The van der Waals surface area contributed by atoms with Gasteiger partial charge in [0.15, 0.2) is 0 Å². The first-order valence-electron chi connectivity index (χ1n) is 6.43. The van der Waals surface area contributed by atoms with Crippen molar-refractivity contribution in [2.45, 2.75) is 33.6 Å². The number of hydrogen-bond donors (Lipinski definition) is 3. The number of nitrogens with zero attached hydrogens (tertiary/aromatic N) is 1. The Labute approximate surface area is 126 Å². The number of thiazole rings is 1. The van der Waals surface area contributed by atoms with Gasteiger partial charge in [-0.15, -0.1) is 11.3 Å². The van der Waals surface area contributed by atoms with Crippen LogP contribution in [0.5, 0.6) is 0 Å². The largest absolute Gasteiger partial charge is 0.481 e. The molecule has 0 aliphatic rings. The molecule has 7 nitrogen and oxygen atoms in total. The van der Waals surface area contributed by atoms with E-state index in [0.29, 0.717) is 13.0 Å². The van der Waals surface area contributed by atoms with Gasteiger partial charge in [-0.1, -0.05) is 0 Å². The van der Waals surface area contributed by atoms with Crippen LogP contribution in [0.2, 0.25) is 0 Å². The molecule has 3 N–H and O–H groups in total. The van der Waals surface area contributed by atoms with Gasteiger partial charge in [-0.25, -0.2) is 9.78 Å². The Morgan fingerprint density at radius 3 is 2.57 bits per heavy atom. The summed E-state index contributed by atoms with van der Waals surface area (Å²) >= 11 is 1.53. The van der Waals surface area contributed by atoms with Crippen molar-refractivity contribution >= 4 is 29.2 Å². The van der Waals surface area contributed by atoms with E-state index in [1.54, 1.807) is 0 Å². The highest BCUT2D eigenvalue weighted by Gasteiger charge is 2.30. The molecule has 1 aromatic rings. The smallest absolute Gasteiger partial charge is 0.321 e. The summed E-state index contributed by atoms with van der Waals surface area (Å²) in [5, 5.41) is 16.4. The molecule has 0 unspecified atom stereocenters. The Bertz CT molecular complexity index is 539. The number of rotatable bonds is 6. The molecule has 1 rings (SSSR count). The highest BCUT2D eigenvalue weighted by molar-refractivity contribution is 7.09. The Hall–Kier alpha value is -1.96. The number of carbonyl (C=O) groups is 3. The first-order chi connectivity index (χ1) is 9.70. The fraction of sp³-hybridized carbons (Fsp3) is 0.538. The van der Waals surface area contributed by atoms with Crippen LogP contribution in [0.4, 0.5) is 4.79 Å². The van der Waals surface area contributed by atoms with E-state index in [1.807, 2.05) is 12.3 Å². The van der Waals surface area contributed by atoms with Crippen molar-refractivity contribution in [2.75, 3.05) is 6.54 Å². The summed E-state index contributed by atoms with van der Waals surface area (Å²) in [6, 6.07) is -0.631. The second-order valence-electron chi connectivity index (χ2n) is 5.28. The van der Waals surface area contributed by atoms with Crippen LogP contribution in [0.25, 0.3) is 0 Å². The molecule has 1 heterocycles. The van der Waals surface area contributed by atoms with Crippen molar-refractivity contribution in [3.8, 4) is 0 Å². The minimum absolute atomic E-state index is 0.263. The predicted molar refractivity (Wildman–Crippen MR) is 78.1 cm³/mol. The van der Waals surface area contributed by atoms with E-state index in [4.69, 9.17) is 5.11 Å². The van der Waals surface area contributed by atoms with Gasteiger partial charge in [-0.2, -0.15) is 0 Å². The molecule has 0 aromatic carbocycles. The summed E-state index contributed by atoms with van der Waals surface area (Å²) < 4.78 is 0. The molecule has 0 saturated carbocycles. The van der Waals surface area contributed by atoms with Gasteiger partial charge in [0, 0.05) is 24.8 Å². The lowest BCUT2D eigenvalue weighted by Gasteiger charge is -2.17. The van der Waals surface area contributed by atoms with Gasteiger partial charge in [0.2, 0.25) is 5.91 Å². The monoisotopic (exact) mass is 313 g/mol. The number of carbonyl (C=O) groups excluding carboxylic acids is 2. The van der Waals surface area contributed by atoms with Gasteiger partial charge < -0.3 is 10.4 Å². The maximum atomic E-state index is 11.6. The van der Waals surface area contributed by atoms with Crippen LogP contribution in [0, 0.1) is 12.3 Å². The highest BCUT2D eigenvalue weighted by atomic mass is 32.1. The summed E-state index contributed by atoms with van der Waals surface area (Å²) in [7, 11) is 0. The number of carboxylic acids is 1. The number of amides is 3. The van der Waals surface area contributed by atoms with E-state index in [0.717, 1.165) is 10.7 Å². The lowest BCUT2D eigenvalue weighted by molar-refractivity contribution is -0.149. The molecule has 0 spiro atoms. The highest BCUT2D eigenvalue weighted by Crippen LogP contribution is 2.19. The molecule has 0 atom stereocenters. The summed E-state index contributed by atoms with van der Waals surface area (Å²) in [6.07, 6.45) is 0.313. The lowest BCUT2D eigenvalue weighted by Crippen LogP contribution is -2.42.